The van der Waals surface area contributed by atoms with Crippen molar-refractivity contribution < 1.29 is 14.6 Å². The molecule has 0 aliphatic carbocycles. The van der Waals surface area contributed by atoms with E-state index in [4.69, 9.17) is 4.74 Å². The van der Waals surface area contributed by atoms with Gasteiger partial charge in [-0.15, -0.1) is 0 Å². The Morgan fingerprint density at radius 3 is 2.69 bits per heavy atom. The normalized spacial score (nSPS) is 12.1. The van der Waals surface area contributed by atoms with Gasteiger partial charge in [0.15, 0.2) is 0 Å². The van der Waals surface area contributed by atoms with Crippen LogP contribution in [-0.2, 0) is 4.74 Å². The minimum absolute atomic E-state index is 0.282. The van der Waals surface area contributed by atoms with Gasteiger partial charge >= 0.3 is 5.97 Å². The quantitative estimate of drug-likeness (QED) is 0.594. The average Bonchev–Trinajstić information content (AvgIpc) is 2.35. The third-order valence-electron chi connectivity index (χ3n) is 2.40. The second-order valence-corrected chi connectivity index (χ2v) is 3.71. The summed E-state index contributed by atoms with van der Waals surface area (Å²) in [7, 11) is 0. The first-order chi connectivity index (χ1) is 7.74. The Labute approximate surface area is 96.1 Å². The van der Waals surface area contributed by atoms with Crippen LogP contribution in [0.15, 0.2) is 30.3 Å². The zero-order valence-corrected chi connectivity index (χ0v) is 9.56. The minimum atomic E-state index is -0.299. The maximum Gasteiger partial charge on any atom is 0.338 e. The highest BCUT2D eigenvalue weighted by Crippen LogP contribution is 2.04. The van der Waals surface area contributed by atoms with Crippen molar-refractivity contribution in [2.24, 2.45) is 0 Å². The van der Waals surface area contributed by atoms with Gasteiger partial charge in [-0.2, -0.15) is 0 Å². The lowest BCUT2D eigenvalue weighted by Gasteiger charge is -2.07. The van der Waals surface area contributed by atoms with Crippen molar-refractivity contribution in [3.05, 3.63) is 35.9 Å². The molecule has 3 nitrogen and oxygen atoms in total. The number of hydrogen-bond donors (Lipinski definition) is 1. The van der Waals surface area contributed by atoms with Crippen molar-refractivity contribution >= 4 is 5.97 Å². The molecule has 0 fully saturated rings. The van der Waals surface area contributed by atoms with E-state index >= 15 is 0 Å². The number of carbonyl (C=O) groups excluding carboxylic acids is 1. The Bertz CT molecular complexity index is 308. The second kappa shape index (κ2) is 7.01. The molecule has 16 heavy (non-hydrogen) atoms. The smallest absolute Gasteiger partial charge is 0.338 e. The first kappa shape index (κ1) is 12.7. The molecule has 0 aliphatic rings. The molecule has 1 N–H and O–H groups in total. The number of benzene rings is 1. The van der Waals surface area contributed by atoms with Crippen LogP contribution < -0.4 is 0 Å². The van der Waals surface area contributed by atoms with Crippen LogP contribution in [0, 0.1) is 0 Å². The number of esters is 1. The number of aliphatic hydroxyl groups is 1. The van der Waals surface area contributed by atoms with Gasteiger partial charge in [-0.25, -0.2) is 4.79 Å². The summed E-state index contributed by atoms with van der Waals surface area (Å²) in [6, 6.07) is 8.91. The Balaban J connectivity index is 2.21. The molecule has 0 bridgehead atoms. The predicted octanol–water partition coefficient (Wildman–Crippen LogP) is 2.39. The molecule has 0 spiro atoms. The van der Waals surface area contributed by atoms with E-state index in [9.17, 15) is 9.90 Å². The van der Waals surface area contributed by atoms with Gasteiger partial charge in [0.05, 0.1) is 18.3 Å². The number of ether oxygens (including phenoxy) is 1. The van der Waals surface area contributed by atoms with E-state index in [1.54, 1.807) is 24.3 Å². The van der Waals surface area contributed by atoms with E-state index in [1.165, 1.54) is 0 Å². The molecule has 1 aromatic rings. The molecule has 88 valence electrons. The van der Waals surface area contributed by atoms with Gasteiger partial charge in [0.25, 0.3) is 0 Å². The SMILES string of the molecule is CCC(O)CCCOC(=O)c1ccccc1. The van der Waals surface area contributed by atoms with E-state index in [0.29, 0.717) is 25.0 Å². The third kappa shape index (κ3) is 4.45. The summed E-state index contributed by atoms with van der Waals surface area (Å²) in [6.07, 6.45) is 1.84. The van der Waals surface area contributed by atoms with Crippen LogP contribution >= 0.6 is 0 Å². The standard InChI is InChI=1S/C13H18O3/c1-2-12(14)9-6-10-16-13(15)11-7-4-3-5-8-11/h3-5,7-8,12,14H,2,6,9-10H2,1H3. The maximum absolute atomic E-state index is 11.5. The summed E-state index contributed by atoms with van der Waals surface area (Å²) < 4.78 is 5.07. The number of carbonyl (C=O) groups is 1. The van der Waals surface area contributed by atoms with Crippen LogP contribution in [0.2, 0.25) is 0 Å². The molecule has 0 aromatic heterocycles. The molecule has 1 unspecified atom stereocenters. The lowest BCUT2D eigenvalue weighted by atomic mass is 10.1. The Morgan fingerprint density at radius 1 is 1.38 bits per heavy atom. The molecule has 1 aromatic carbocycles. The first-order valence-electron chi connectivity index (χ1n) is 5.64. The molecule has 1 atom stereocenters. The van der Waals surface area contributed by atoms with E-state index in [1.807, 2.05) is 13.0 Å². The fourth-order valence-corrected chi connectivity index (χ4v) is 1.35. The van der Waals surface area contributed by atoms with Gasteiger partial charge in [0, 0.05) is 0 Å². The van der Waals surface area contributed by atoms with Gasteiger partial charge in [0.1, 0.15) is 0 Å². The van der Waals surface area contributed by atoms with E-state index in [2.05, 4.69) is 0 Å². The summed E-state index contributed by atoms with van der Waals surface area (Å²) in [5.74, 6) is -0.299. The van der Waals surface area contributed by atoms with Crippen molar-refractivity contribution in [2.75, 3.05) is 6.61 Å². The summed E-state index contributed by atoms with van der Waals surface area (Å²) in [6.45, 7) is 2.30. The number of aliphatic hydroxyl groups excluding tert-OH is 1. The van der Waals surface area contributed by atoms with Crippen LogP contribution in [0.4, 0.5) is 0 Å². The molecule has 0 saturated carbocycles. The Kier molecular flexibility index (Phi) is 5.57. The fourth-order valence-electron chi connectivity index (χ4n) is 1.35. The number of rotatable bonds is 6. The van der Waals surface area contributed by atoms with E-state index < -0.39 is 0 Å². The van der Waals surface area contributed by atoms with Crippen LogP contribution in [0.5, 0.6) is 0 Å². The zero-order valence-electron chi connectivity index (χ0n) is 9.56. The molecule has 3 heteroatoms. The van der Waals surface area contributed by atoms with E-state index in [-0.39, 0.29) is 12.1 Å². The molecular weight excluding hydrogens is 204 g/mol. The molecule has 0 amide bonds. The fraction of sp³-hybridized carbons (Fsp3) is 0.462. The highest BCUT2D eigenvalue weighted by molar-refractivity contribution is 5.89. The van der Waals surface area contributed by atoms with Gasteiger partial charge in [-0.05, 0) is 31.4 Å². The van der Waals surface area contributed by atoms with Crippen LogP contribution in [0.25, 0.3) is 0 Å². The Hall–Kier alpha value is -1.35. The first-order valence-corrected chi connectivity index (χ1v) is 5.64. The van der Waals surface area contributed by atoms with Gasteiger partial charge < -0.3 is 9.84 Å². The summed E-state index contributed by atoms with van der Waals surface area (Å²) >= 11 is 0. The van der Waals surface area contributed by atoms with Crippen molar-refractivity contribution in [1.82, 2.24) is 0 Å². The molecule has 1 rings (SSSR count). The highest BCUT2D eigenvalue weighted by atomic mass is 16.5. The van der Waals surface area contributed by atoms with Gasteiger partial charge in [-0.1, -0.05) is 25.1 Å². The van der Waals surface area contributed by atoms with Crippen molar-refractivity contribution in [3.63, 3.8) is 0 Å². The van der Waals surface area contributed by atoms with Crippen molar-refractivity contribution in [2.45, 2.75) is 32.3 Å². The molecule has 0 aliphatic heterocycles. The lowest BCUT2D eigenvalue weighted by Crippen LogP contribution is -2.09. The predicted molar refractivity (Wildman–Crippen MR) is 62.3 cm³/mol. The molecular formula is C13H18O3. The van der Waals surface area contributed by atoms with Crippen LogP contribution in [0.1, 0.15) is 36.5 Å². The van der Waals surface area contributed by atoms with Crippen molar-refractivity contribution in [3.8, 4) is 0 Å². The summed E-state index contributed by atoms with van der Waals surface area (Å²) in [4.78, 5) is 11.5. The minimum Gasteiger partial charge on any atom is -0.462 e. The lowest BCUT2D eigenvalue weighted by molar-refractivity contribution is 0.0476. The van der Waals surface area contributed by atoms with Crippen LogP contribution in [-0.4, -0.2) is 23.8 Å². The van der Waals surface area contributed by atoms with Gasteiger partial charge in [-0.3, -0.25) is 0 Å². The summed E-state index contributed by atoms with van der Waals surface area (Å²) in [5.41, 5.74) is 0.568. The topological polar surface area (TPSA) is 46.5 Å². The van der Waals surface area contributed by atoms with Crippen molar-refractivity contribution in [1.29, 1.82) is 0 Å². The van der Waals surface area contributed by atoms with Crippen LogP contribution in [0.3, 0.4) is 0 Å². The second-order valence-electron chi connectivity index (χ2n) is 3.71. The average molecular weight is 222 g/mol. The zero-order chi connectivity index (χ0) is 11.8. The maximum atomic E-state index is 11.5. The summed E-state index contributed by atoms with van der Waals surface area (Å²) in [5, 5.41) is 9.30. The molecule has 0 heterocycles. The number of hydrogen-bond acceptors (Lipinski definition) is 3. The molecule has 0 saturated heterocycles. The Morgan fingerprint density at radius 2 is 2.06 bits per heavy atom. The van der Waals surface area contributed by atoms with Gasteiger partial charge in [0.2, 0.25) is 0 Å². The van der Waals surface area contributed by atoms with E-state index in [0.717, 1.165) is 6.42 Å². The monoisotopic (exact) mass is 222 g/mol. The molecule has 0 radical (unpaired) electrons. The third-order valence-corrected chi connectivity index (χ3v) is 2.40. The largest absolute Gasteiger partial charge is 0.462 e. The highest BCUT2D eigenvalue weighted by Gasteiger charge is 2.06.